The average molecular weight is 250 g/mol. The molecule has 0 radical (unpaired) electrons. The smallest absolute Gasteiger partial charge is 0.226 e. The summed E-state index contributed by atoms with van der Waals surface area (Å²) in [5.41, 5.74) is 0.352. The van der Waals surface area contributed by atoms with Gasteiger partial charge in [0.2, 0.25) is 5.91 Å². The van der Waals surface area contributed by atoms with E-state index in [1.165, 1.54) is 0 Å². The molecular weight excluding hydrogens is 224 g/mol. The number of nitriles is 1. The molecule has 3 nitrogen and oxygen atoms in total. The zero-order valence-electron chi connectivity index (χ0n) is 12.2. The van der Waals surface area contributed by atoms with E-state index in [-0.39, 0.29) is 18.4 Å². The van der Waals surface area contributed by atoms with E-state index in [0.717, 1.165) is 31.6 Å². The highest BCUT2D eigenvalue weighted by Crippen LogP contribution is 2.40. The molecule has 0 aromatic rings. The van der Waals surface area contributed by atoms with Gasteiger partial charge in [-0.2, -0.15) is 5.26 Å². The summed E-state index contributed by atoms with van der Waals surface area (Å²) in [5.74, 6) is 1.07. The summed E-state index contributed by atoms with van der Waals surface area (Å²) < 4.78 is 0. The molecule has 1 amide bonds. The number of amides is 1. The van der Waals surface area contributed by atoms with Crippen LogP contribution in [0.3, 0.4) is 0 Å². The van der Waals surface area contributed by atoms with Crippen LogP contribution in [0.1, 0.15) is 53.4 Å². The number of hydrogen-bond donors (Lipinski definition) is 0. The van der Waals surface area contributed by atoms with Crippen LogP contribution in [-0.4, -0.2) is 23.9 Å². The lowest BCUT2D eigenvalue weighted by Gasteiger charge is -2.37. The molecule has 1 fully saturated rings. The Labute approximate surface area is 111 Å². The van der Waals surface area contributed by atoms with Gasteiger partial charge in [-0.3, -0.25) is 4.79 Å². The van der Waals surface area contributed by atoms with Crippen molar-refractivity contribution in [3.8, 4) is 6.07 Å². The van der Waals surface area contributed by atoms with Crippen LogP contribution in [0.15, 0.2) is 0 Å². The molecule has 0 heterocycles. The van der Waals surface area contributed by atoms with Crippen molar-refractivity contribution in [3.05, 3.63) is 0 Å². The summed E-state index contributed by atoms with van der Waals surface area (Å²) in [6.45, 7) is 9.67. The molecule has 1 aliphatic rings. The summed E-state index contributed by atoms with van der Waals surface area (Å²) in [6.07, 6.45) is 4.26. The van der Waals surface area contributed by atoms with Crippen molar-refractivity contribution in [1.82, 2.24) is 4.90 Å². The molecule has 102 valence electrons. The number of carbonyl (C=O) groups is 1. The van der Waals surface area contributed by atoms with E-state index in [0.29, 0.717) is 12.0 Å². The van der Waals surface area contributed by atoms with Crippen molar-refractivity contribution in [3.63, 3.8) is 0 Å². The summed E-state index contributed by atoms with van der Waals surface area (Å²) in [4.78, 5) is 13.9. The van der Waals surface area contributed by atoms with Crippen LogP contribution >= 0.6 is 0 Å². The molecule has 0 aliphatic heterocycles. The summed E-state index contributed by atoms with van der Waals surface area (Å²) in [6, 6.07) is 2.08. The lowest BCUT2D eigenvalue weighted by molar-refractivity contribution is -0.136. The highest BCUT2D eigenvalue weighted by molar-refractivity contribution is 5.79. The van der Waals surface area contributed by atoms with E-state index < -0.39 is 0 Å². The third-order valence-electron chi connectivity index (χ3n) is 4.26. The molecule has 0 atom stereocenters. The van der Waals surface area contributed by atoms with Crippen LogP contribution in [0.2, 0.25) is 0 Å². The molecule has 1 saturated carbocycles. The van der Waals surface area contributed by atoms with Gasteiger partial charge in [0.05, 0.1) is 6.07 Å². The molecule has 0 saturated heterocycles. The fourth-order valence-corrected chi connectivity index (χ4v) is 2.90. The Morgan fingerprint density at radius 1 is 1.28 bits per heavy atom. The van der Waals surface area contributed by atoms with E-state index in [4.69, 9.17) is 5.26 Å². The van der Waals surface area contributed by atoms with Crippen LogP contribution in [0.5, 0.6) is 0 Å². The maximum atomic E-state index is 12.3. The number of nitrogens with zero attached hydrogens (tertiary/aromatic N) is 2. The third kappa shape index (κ3) is 3.73. The SMILES string of the molecule is CCN(CC#N)C(=O)C1CCC(C(C)(C)C)CC1. The first-order valence-corrected chi connectivity index (χ1v) is 7.05. The van der Waals surface area contributed by atoms with Crippen molar-refractivity contribution in [2.75, 3.05) is 13.1 Å². The third-order valence-corrected chi connectivity index (χ3v) is 4.26. The van der Waals surface area contributed by atoms with Gasteiger partial charge in [-0.05, 0) is 43.9 Å². The lowest BCUT2D eigenvalue weighted by Crippen LogP contribution is -2.39. The zero-order chi connectivity index (χ0) is 13.8. The summed E-state index contributed by atoms with van der Waals surface area (Å²) >= 11 is 0. The zero-order valence-corrected chi connectivity index (χ0v) is 12.2. The monoisotopic (exact) mass is 250 g/mol. The van der Waals surface area contributed by atoms with Gasteiger partial charge in [-0.1, -0.05) is 20.8 Å². The first kappa shape index (κ1) is 15.0. The Kier molecular flexibility index (Phi) is 5.19. The highest BCUT2D eigenvalue weighted by Gasteiger charge is 2.33. The van der Waals surface area contributed by atoms with Gasteiger partial charge in [-0.25, -0.2) is 0 Å². The van der Waals surface area contributed by atoms with Gasteiger partial charge in [0.1, 0.15) is 6.54 Å². The second-order valence-corrected chi connectivity index (χ2v) is 6.43. The van der Waals surface area contributed by atoms with Crippen LogP contribution < -0.4 is 0 Å². The predicted molar refractivity (Wildman–Crippen MR) is 72.8 cm³/mol. The fourth-order valence-electron chi connectivity index (χ4n) is 2.90. The second kappa shape index (κ2) is 6.22. The molecule has 1 aliphatic carbocycles. The maximum absolute atomic E-state index is 12.3. The maximum Gasteiger partial charge on any atom is 0.226 e. The Hall–Kier alpha value is -1.04. The van der Waals surface area contributed by atoms with Crippen molar-refractivity contribution >= 4 is 5.91 Å². The average Bonchev–Trinajstić information content (AvgIpc) is 2.34. The highest BCUT2D eigenvalue weighted by atomic mass is 16.2. The molecule has 0 bridgehead atoms. The van der Waals surface area contributed by atoms with Crippen LogP contribution in [0, 0.1) is 28.6 Å². The first-order chi connectivity index (χ1) is 8.40. The molecule has 3 heteroatoms. The quantitative estimate of drug-likeness (QED) is 0.722. The Bertz CT molecular complexity index is 316. The molecule has 0 N–H and O–H groups in total. The van der Waals surface area contributed by atoms with E-state index >= 15 is 0 Å². The number of hydrogen-bond acceptors (Lipinski definition) is 2. The van der Waals surface area contributed by atoms with Gasteiger partial charge in [-0.15, -0.1) is 0 Å². The van der Waals surface area contributed by atoms with E-state index in [1.54, 1.807) is 4.90 Å². The van der Waals surface area contributed by atoms with Gasteiger partial charge in [0.25, 0.3) is 0 Å². The predicted octanol–water partition coefficient (Wildman–Crippen LogP) is 3.21. The minimum Gasteiger partial charge on any atom is -0.329 e. The van der Waals surface area contributed by atoms with Crippen LogP contribution in [-0.2, 0) is 4.79 Å². The second-order valence-electron chi connectivity index (χ2n) is 6.43. The molecule has 0 aromatic heterocycles. The van der Waals surface area contributed by atoms with Gasteiger partial charge < -0.3 is 4.90 Å². The minimum atomic E-state index is 0.150. The number of rotatable bonds is 3. The summed E-state index contributed by atoms with van der Waals surface area (Å²) in [7, 11) is 0. The van der Waals surface area contributed by atoms with Crippen molar-refractivity contribution in [1.29, 1.82) is 5.26 Å². The van der Waals surface area contributed by atoms with Gasteiger partial charge in [0, 0.05) is 12.5 Å². The normalized spacial score (nSPS) is 24.4. The Morgan fingerprint density at radius 2 is 1.83 bits per heavy atom. The molecular formula is C15H26N2O. The standard InChI is InChI=1S/C15H26N2O/c1-5-17(11-10-16)14(18)12-6-8-13(9-7-12)15(2,3)4/h12-13H,5-9,11H2,1-4H3. The van der Waals surface area contributed by atoms with Crippen LogP contribution in [0.25, 0.3) is 0 Å². The van der Waals surface area contributed by atoms with Crippen molar-refractivity contribution < 1.29 is 4.79 Å². The Morgan fingerprint density at radius 3 is 2.22 bits per heavy atom. The minimum absolute atomic E-state index is 0.150. The Balaban J connectivity index is 2.52. The number of carbonyl (C=O) groups excluding carboxylic acids is 1. The molecule has 0 spiro atoms. The lowest BCUT2D eigenvalue weighted by atomic mass is 9.69. The van der Waals surface area contributed by atoms with E-state index in [9.17, 15) is 4.79 Å². The summed E-state index contributed by atoms with van der Waals surface area (Å²) in [5, 5.41) is 8.72. The fraction of sp³-hybridized carbons (Fsp3) is 0.867. The molecule has 0 unspecified atom stereocenters. The topological polar surface area (TPSA) is 44.1 Å². The van der Waals surface area contributed by atoms with Gasteiger partial charge in [0.15, 0.2) is 0 Å². The van der Waals surface area contributed by atoms with Crippen molar-refractivity contribution in [2.45, 2.75) is 53.4 Å². The molecule has 18 heavy (non-hydrogen) atoms. The van der Waals surface area contributed by atoms with E-state index in [2.05, 4.69) is 26.8 Å². The molecule has 0 aromatic carbocycles. The van der Waals surface area contributed by atoms with Crippen molar-refractivity contribution in [2.24, 2.45) is 17.3 Å². The molecule has 1 rings (SSSR count). The van der Waals surface area contributed by atoms with Crippen LogP contribution in [0.4, 0.5) is 0 Å². The van der Waals surface area contributed by atoms with Gasteiger partial charge >= 0.3 is 0 Å². The largest absolute Gasteiger partial charge is 0.329 e. The van der Waals surface area contributed by atoms with E-state index in [1.807, 2.05) is 6.92 Å². The first-order valence-electron chi connectivity index (χ1n) is 7.05.